The first kappa shape index (κ1) is 14.6. The van der Waals surface area contributed by atoms with Crippen LogP contribution >= 0.6 is 22.6 Å². The molecule has 20 heavy (non-hydrogen) atoms. The molecule has 1 N–H and O–H groups in total. The summed E-state index contributed by atoms with van der Waals surface area (Å²) in [6.07, 6.45) is 2.70. The average Bonchev–Trinajstić information content (AvgIpc) is 2.37. The van der Waals surface area contributed by atoms with Gasteiger partial charge in [0.15, 0.2) is 0 Å². The largest absolute Gasteiger partial charge is 0.478 e. The lowest BCUT2D eigenvalue weighted by molar-refractivity contribution is -0.131. The Morgan fingerprint density at radius 2 is 1.95 bits per heavy atom. The van der Waals surface area contributed by atoms with Gasteiger partial charge in [0, 0.05) is 9.65 Å². The maximum absolute atomic E-state index is 10.5. The molecule has 0 fully saturated rings. The first-order chi connectivity index (χ1) is 9.54. The predicted molar refractivity (Wildman–Crippen MR) is 87.1 cm³/mol. The highest BCUT2D eigenvalue weighted by atomic mass is 127. The van der Waals surface area contributed by atoms with E-state index in [9.17, 15) is 4.79 Å². The summed E-state index contributed by atoms with van der Waals surface area (Å²) >= 11 is 2.23. The fourth-order valence-electron chi connectivity index (χ4n) is 1.73. The number of hydrogen-bond donors (Lipinski definition) is 1. The quantitative estimate of drug-likeness (QED) is 0.628. The number of carboxylic acid groups (broad SMARTS) is 1. The molecule has 0 saturated heterocycles. The van der Waals surface area contributed by atoms with Gasteiger partial charge in [-0.15, -0.1) is 0 Å². The van der Waals surface area contributed by atoms with E-state index < -0.39 is 5.97 Å². The monoisotopic (exact) mass is 380 g/mol. The van der Waals surface area contributed by atoms with E-state index in [2.05, 4.69) is 22.6 Å². The highest BCUT2D eigenvalue weighted by Crippen LogP contribution is 2.25. The summed E-state index contributed by atoms with van der Waals surface area (Å²) < 4.78 is 6.88. The third-order valence-electron chi connectivity index (χ3n) is 2.68. The molecule has 0 spiro atoms. The standard InChI is InChI=1S/C16H13IO3/c1-11-9-15(7-5-12(11)6-8-16(18)19)20-14-4-2-3-13(17)10-14/h2-10H,1H3,(H,18,19). The van der Waals surface area contributed by atoms with Gasteiger partial charge in [-0.3, -0.25) is 0 Å². The summed E-state index contributed by atoms with van der Waals surface area (Å²) in [5.41, 5.74) is 1.83. The molecule has 0 unspecified atom stereocenters. The van der Waals surface area contributed by atoms with Crippen LogP contribution in [0.5, 0.6) is 11.5 Å². The van der Waals surface area contributed by atoms with E-state index in [1.54, 1.807) is 6.08 Å². The minimum Gasteiger partial charge on any atom is -0.478 e. The molecule has 0 bridgehead atoms. The maximum Gasteiger partial charge on any atom is 0.328 e. The number of aliphatic carboxylic acids is 1. The predicted octanol–water partition coefficient (Wildman–Crippen LogP) is 4.49. The van der Waals surface area contributed by atoms with Gasteiger partial charge in [0.1, 0.15) is 11.5 Å². The molecule has 2 rings (SSSR count). The van der Waals surface area contributed by atoms with Gasteiger partial charge in [0.2, 0.25) is 0 Å². The molecule has 2 aromatic rings. The Labute approximate surface area is 131 Å². The van der Waals surface area contributed by atoms with Crippen LogP contribution in [0.25, 0.3) is 6.08 Å². The van der Waals surface area contributed by atoms with Gasteiger partial charge in [-0.2, -0.15) is 0 Å². The molecule has 0 amide bonds. The van der Waals surface area contributed by atoms with Crippen LogP contribution in [0.15, 0.2) is 48.5 Å². The second-order valence-corrected chi connectivity index (χ2v) is 5.50. The van der Waals surface area contributed by atoms with Gasteiger partial charge < -0.3 is 9.84 Å². The molecule has 0 aromatic heterocycles. The number of carboxylic acids is 1. The van der Waals surface area contributed by atoms with Crippen LogP contribution in [0.3, 0.4) is 0 Å². The normalized spacial score (nSPS) is 10.7. The Kier molecular flexibility index (Phi) is 4.79. The van der Waals surface area contributed by atoms with Gasteiger partial charge in [-0.25, -0.2) is 4.79 Å². The molecular formula is C16H13IO3. The maximum atomic E-state index is 10.5. The fourth-order valence-corrected chi connectivity index (χ4v) is 2.24. The topological polar surface area (TPSA) is 46.5 Å². The molecule has 4 heteroatoms. The minimum atomic E-state index is -0.955. The lowest BCUT2D eigenvalue weighted by Gasteiger charge is -2.08. The van der Waals surface area contributed by atoms with Crippen molar-refractivity contribution in [2.45, 2.75) is 6.92 Å². The minimum absolute atomic E-state index is 0.733. The average molecular weight is 380 g/mol. The van der Waals surface area contributed by atoms with Gasteiger partial charge in [-0.05, 0) is 77.0 Å². The summed E-state index contributed by atoms with van der Waals surface area (Å²) in [6.45, 7) is 1.92. The molecule has 0 atom stereocenters. The van der Waals surface area contributed by atoms with Crippen molar-refractivity contribution in [1.82, 2.24) is 0 Å². The molecule has 2 aromatic carbocycles. The first-order valence-electron chi connectivity index (χ1n) is 6.00. The van der Waals surface area contributed by atoms with Crippen LogP contribution in [0.2, 0.25) is 0 Å². The number of halogens is 1. The third-order valence-corrected chi connectivity index (χ3v) is 3.35. The summed E-state index contributed by atoms with van der Waals surface area (Å²) in [7, 11) is 0. The molecule has 0 saturated carbocycles. The molecule has 0 aliphatic heterocycles. The summed E-state index contributed by atoms with van der Waals surface area (Å²) in [4.78, 5) is 10.5. The molecule has 0 radical (unpaired) electrons. The Hall–Kier alpha value is -1.82. The molecule has 102 valence electrons. The van der Waals surface area contributed by atoms with Gasteiger partial charge in [-0.1, -0.05) is 12.1 Å². The van der Waals surface area contributed by atoms with Gasteiger partial charge in [0.25, 0.3) is 0 Å². The van der Waals surface area contributed by atoms with Crippen molar-refractivity contribution < 1.29 is 14.6 Å². The van der Waals surface area contributed by atoms with Crippen molar-refractivity contribution in [2.24, 2.45) is 0 Å². The number of aryl methyl sites for hydroxylation is 1. The zero-order valence-corrected chi connectivity index (χ0v) is 13.0. The lowest BCUT2D eigenvalue weighted by Crippen LogP contribution is -1.89. The van der Waals surface area contributed by atoms with Crippen LogP contribution in [0.4, 0.5) is 0 Å². The Morgan fingerprint density at radius 1 is 1.20 bits per heavy atom. The van der Waals surface area contributed by atoms with Gasteiger partial charge >= 0.3 is 5.97 Å². The van der Waals surface area contributed by atoms with Crippen molar-refractivity contribution in [1.29, 1.82) is 0 Å². The Morgan fingerprint density at radius 3 is 2.60 bits per heavy atom. The van der Waals surface area contributed by atoms with E-state index in [0.717, 1.165) is 32.3 Å². The first-order valence-corrected chi connectivity index (χ1v) is 7.07. The summed E-state index contributed by atoms with van der Waals surface area (Å²) in [5, 5.41) is 8.63. The fraction of sp³-hybridized carbons (Fsp3) is 0.0625. The second kappa shape index (κ2) is 6.56. The smallest absolute Gasteiger partial charge is 0.328 e. The number of benzene rings is 2. The zero-order chi connectivity index (χ0) is 14.5. The highest BCUT2D eigenvalue weighted by Gasteiger charge is 2.01. The Bertz CT molecular complexity index is 663. The third kappa shape index (κ3) is 4.09. The van der Waals surface area contributed by atoms with Crippen LogP contribution in [0.1, 0.15) is 11.1 Å². The summed E-state index contributed by atoms with van der Waals surface area (Å²) in [5.74, 6) is 0.561. The molecule has 3 nitrogen and oxygen atoms in total. The number of carbonyl (C=O) groups is 1. The molecule has 0 heterocycles. The van der Waals surface area contributed by atoms with Crippen molar-refractivity contribution in [3.8, 4) is 11.5 Å². The SMILES string of the molecule is Cc1cc(Oc2cccc(I)c2)ccc1C=CC(=O)O. The van der Waals surface area contributed by atoms with E-state index in [1.165, 1.54) is 0 Å². The van der Waals surface area contributed by atoms with Crippen LogP contribution in [-0.4, -0.2) is 11.1 Å². The van der Waals surface area contributed by atoms with Crippen LogP contribution < -0.4 is 4.74 Å². The molecule has 0 aliphatic rings. The van der Waals surface area contributed by atoms with Crippen molar-refractivity contribution in [3.05, 3.63) is 63.2 Å². The van der Waals surface area contributed by atoms with Crippen molar-refractivity contribution >= 4 is 34.6 Å². The highest BCUT2D eigenvalue weighted by molar-refractivity contribution is 14.1. The van der Waals surface area contributed by atoms with E-state index in [-0.39, 0.29) is 0 Å². The number of hydrogen-bond acceptors (Lipinski definition) is 2. The summed E-state index contributed by atoms with van der Waals surface area (Å²) in [6, 6.07) is 13.4. The van der Waals surface area contributed by atoms with Crippen molar-refractivity contribution in [3.63, 3.8) is 0 Å². The van der Waals surface area contributed by atoms with E-state index in [4.69, 9.17) is 9.84 Å². The van der Waals surface area contributed by atoms with E-state index in [1.807, 2.05) is 49.4 Å². The number of ether oxygens (including phenoxy) is 1. The lowest BCUT2D eigenvalue weighted by atomic mass is 10.1. The Balaban J connectivity index is 2.19. The van der Waals surface area contributed by atoms with Crippen LogP contribution in [-0.2, 0) is 4.79 Å². The molecule has 0 aliphatic carbocycles. The van der Waals surface area contributed by atoms with E-state index in [0.29, 0.717) is 0 Å². The molecular weight excluding hydrogens is 367 g/mol. The van der Waals surface area contributed by atoms with Crippen LogP contribution in [0, 0.1) is 10.5 Å². The zero-order valence-electron chi connectivity index (χ0n) is 10.8. The van der Waals surface area contributed by atoms with Crippen molar-refractivity contribution in [2.75, 3.05) is 0 Å². The number of rotatable bonds is 4. The van der Waals surface area contributed by atoms with Gasteiger partial charge in [0.05, 0.1) is 0 Å². The van der Waals surface area contributed by atoms with E-state index >= 15 is 0 Å². The second-order valence-electron chi connectivity index (χ2n) is 4.25.